The summed E-state index contributed by atoms with van der Waals surface area (Å²) in [5.74, 6) is 0. The van der Waals surface area contributed by atoms with E-state index in [0.29, 0.717) is 0 Å². The smallest absolute Gasteiger partial charge is 0.0445 e. The molecule has 1 aromatic rings. The Bertz CT molecular complexity index is 385. The van der Waals surface area contributed by atoms with Gasteiger partial charge in [0.2, 0.25) is 0 Å². The van der Waals surface area contributed by atoms with Gasteiger partial charge in [0.05, 0.1) is 0 Å². The van der Waals surface area contributed by atoms with Gasteiger partial charge in [0.25, 0.3) is 0 Å². The third kappa shape index (κ3) is 3.02. The van der Waals surface area contributed by atoms with E-state index < -0.39 is 0 Å². The second kappa shape index (κ2) is 6.19. The first-order chi connectivity index (χ1) is 8.72. The maximum Gasteiger partial charge on any atom is 0.0445 e. The van der Waals surface area contributed by atoms with E-state index in [1.54, 1.807) is 0 Å². The van der Waals surface area contributed by atoms with Crippen LogP contribution in [0.25, 0.3) is 0 Å². The fourth-order valence-corrected chi connectivity index (χ4v) is 2.41. The third-order valence-electron chi connectivity index (χ3n) is 3.84. The van der Waals surface area contributed by atoms with Gasteiger partial charge in [-0.1, -0.05) is 6.92 Å². The van der Waals surface area contributed by atoms with Gasteiger partial charge in [-0.25, -0.2) is 0 Å². The van der Waals surface area contributed by atoms with Crippen LogP contribution in [0.5, 0.6) is 0 Å². The highest BCUT2D eigenvalue weighted by Gasteiger charge is 2.23. The minimum atomic E-state index is 0.733. The van der Waals surface area contributed by atoms with Crippen LogP contribution in [0.4, 0.5) is 5.69 Å². The standard InChI is InChI=1S/C15H25N3/c1-4-8-16-10-13-11-17-12(2)9-15(13)18(3)14-6-5-7-14/h9,11,14,16H,4-8,10H2,1-3H3. The van der Waals surface area contributed by atoms with E-state index in [-0.39, 0.29) is 0 Å². The van der Waals surface area contributed by atoms with Gasteiger partial charge < -0.3 is 10.2 Å². The van der Waals surface area contributed by atoms with Crippen molar-refractivity contribution in [1.82, 2.24) is 10.3 Å². The topological polar surface area (TPSA) is 28.2 Å². The Labute approximate surface area is 111 Å². The molecule has 100 valence electrons. The monoisotopic (exact) mass is 247 g/mol. The van der Waals surface area contributed by atoms with Crippen LogP contribution < -0.4 is 10.2 Å². The van der Waals surface area contributed by atoms with Crippen LogP contribution in [-0.2, 0) is 6.54 Å². The molecule has 0 amide bonds. The van der Waals surface area contributed by atoms with Crippen molar-refractivity contribution < 1.29 is 0 Å². The molecule has 1 saturated carbocycles. The summed E-state index contributed by atoms with van der Waals surface area (Å²) in [6.07, 6.45) is 7.25. The molecular formula is C15H25N3. The van der Waals surface area contributed by atoms with Crippen molar-refractivity contribution in [3.63, 3.8) is 0 Å². The Morgan fingerprint density at radius 2 is 2.22 bits per heavy atom. The maximum absolute atomic E-state index is 4.44. The predicted molar refractivity (Wildman–Crippen MR) is 77.0 cm³/mol. The molecule has 18 heavy (non-hydrogen) atoms. The van der Waals surface area contributed by atoms with Crippen LogP contribution in [0.1, 0.15) is 43.9 Å². The zero-order valence-corrected chi connectivity index (χ0v) is 11.9. The van der Waals surface area contributed by atoms with Crippen molar-refractivity contribution in [2.75, 3.05) is 18.5 Å². The average Bonchev–Trinajstić information content (AvgIpc) is 2.29. The number of nitrogens with zero attached hydrogens (tertiary/aromatic N) is 2. The highest BCUT2D eigenvalue weighted by molar-refractivity contribution is 5.54. The molecule has 0 aliphatic heterocycles. The molecule has 0 aromatic carbocycles. The van der Waals surface area contributed by atoms with Gasteiger partial charge in [-0.2, -0.15) is 0 Å². The number of anilines is 1. The quantitative estimate of drug-likeness (QED) is 0.783. The summed E-state index contributed by atoms with van der Waals surface area (Å²) in [6, 6.07) is 2.96. The van der Waals surface area contributed by atoms with Gasteiger partial charge in [0.1, 0.15) is 0 Å². The summed E-state index contributed by atoms with van der Waals surface area (Å²) in [6.45, 7) is 6.26. The lowest BCUT2D eigenvalue weighted by Crippen LogP contribution is -2.38. The van der Waals surface area contributed by atoms with Crippen LogP contribution >= 0.6 is 0 Å². The summed E-state index contributed by atoms with van der Waals surface area (Å²) in [5.41, 5.74) is 3.79. The molecule has 1 heterocycles. The Kier molecular flexibility index (Phi) is 4.59. The number of nitrogens with one attached hydrogen (secondary N) is 1. The first-order valence-electron chi connectivity index (χ1n) is 7.11. The molecule has 1 fully saturated rings. The summed E-state index contributed by atoms with van der Waals surface area (Å²) in [4.78, 5) is 6.88. The summed E-state index contributed by atoms with van der Waals surface area (Å²) in [7, 11) is 2.22. The van der Waals surface area contributed by atoms with Gasteiger partial charge in [0.15, 0.2) is 0 Å². The van der Waals surface area contributed by atoms with Crippen LogP contribution in [0, 0.1) is 6.92 Å². The number of pyridine rings is 1. The van der Waals surface area contributed by atoms with E-state index in [9.17, 15) is 0 Å². The molecule has 3 heteroatoms. The second-order valence-electron chi connectivity index (χ2n) is 5.33. The van der Waals surface area contributed by atoms with E-state index in [4.69, 9.17) is 0 Å². The zero-order valence-electron chi connectivity index (χ0n) is 11.9. The maximum atomic E-state index is 4.44. The molecule has 0 atom stereocenters. The molecule has 1 N–H and O–H groups in total. The fourth-order valence-electron chi connectivity index (χ4n) is 2.41. The van der Waals surface area contributed by atoms with E-state index in [2.05, 4.69) is 42.2 Å². The van der Waals surface area contributed by atoms with Crippen molar-refractivity contribution in [2.45, 2.75) is 52.1 Å². The van der Waals surface area contributed by atoms with Crippen molar-refractivity contribution >= 4 is 5.69 Å². The van der Waals surface area contributed by atoms with Crippen LogP contribution in [0.3, 0.4) is 0 Å². The highest BCUT2D eigenvalue weighted by Crippen LogP contribution is 2.30. The summed E-state index contributed by atoms with van der Waals surface area (Å²) >= 11 is 0. The Morgan fingerprint density at radius 1 is 1.44 bits per heavy atom. The minimum absolute atomic E-state index is 0.733. The van der Waals surface area contributed by atoms with E-state index in [1.165, 1.54) is 36.9 Å². The largest absolute Gasteiger partial charge is 0.371 e. The lowest BCUT2D eigenvalue weighted by atomic mass is 9.91. The van der Waals surface area contributed by atoms with Crippen LogP contribution in [-0.4, -0.2) is 24.6 Å². The lowest BCUT2D eigenvalue weighted by Gasteiger charge is -2.37. The highest BCUT2D eigenvalue weighted by atomic mass is 15.1. The predicted octanol–water partition coefficient (Wildman–Crippen LogP) is 2.88. The molecule has 0 bridgehead atoms. The summed E-state index contributed by atoms with van der Waals surface area (Å²) in [5, 5.41) is 3.47. The second-order valence-corrected chi connectivity index (χ2v) is 5.33. The van der Waals surface area contributed by atoms with Crippen LogP contribution in [0.2, 0.25) is 0 Å². The number of hydrogen-bond donors (Lipinski definition) is 1. The van der Waals surface area contributed by atoms with Crippen molar-refractivity contribution in [3.05, 3.63) is 23.5 Å². The zero-order chi connectivity index (χ0) is 13.0. The first kappa shape index (κ1) is 13.3. The number of rotatable bonds is 6. The molecule has 0 unspecified atom stereocenters. The molecule has 1 aliphatic rings. The van der Waals surface area contributed by atoms with Gasteiger partial charge in [-0.3, -0.25) is 4.98 Å². The van der Waals surface area contributed by atoms with Gasteiger partial charge in [-0.05, 0) is 45.2 Å². The fraction of sp³-hybridized carbons (Fsp3) is 0.667. The van der Waals surface area contributed by atoms with Crippen molar-refractivity contribution in [1.29, 1.82) is 0 Å². The number of hydrogen-bond acceptors (Lipinski definition) is 3. The SMILES string of the molecule is CCCNCc1cnc(C)cc1N(C)C1CCC1. The molecule has 0 saturated heterocycles. The Balaban J connectivity index is 2.11. The molecule has 0 spiro atoms. The summed E-state index contributed by atoms with van der Waals surface area (Å²) < 4.78 is 0. The molecule has 1 aromatic heterocycles. The minimum Gasteiger partial charge on any atom is -0.371 e. The third-order valence-corrected chi connectivity index (χ3v) is 3.84. The van der Waals surface area contributed by atoms with Crippen LogP contribution in [0.15, 0.2) is 12.3 Å². The van der Waals surface area contributed by atoms with E-state index >= 15 is 0 Å². The van der Waals surface area contributed by atoms with Gasteiger partial charge in [-0.15, -0.1) is 0 Å². The molecule has 1 aliphatic carbocycles. The van der Waals surface area contributed by atoms with E-state index in [1.807, 2.05) is 6.20 Å². The van der Waals surface area contributed by atoms with Crippen molar-refractivity contribution in [3.8, 4) is 0 Å². The lowest BCUT2D eigenvalue weighted by molar-refractivity contribution is 0.400. The average molecular weight is 247 g/mol. The molecule has 2 rings (SSSR count). The number of aromatic nitrogens is 1. The number of aryl methyl sites for hydroxylation is 1. The molecule has 0 radical (unpaired) electrons. The van der Waals surface area contributed by atoms with E-state index in [0.717, 1.165) is 24.8 Å². The normalized spacial score (nSPS) is 15.5. The first-order valence-corrected chi connectivity index (χ1v) is 7.11. The van der Waals surface area contributed by atoms with Gasteiger partial charge in [0, 0.05) is 42.8 Å². The van der Waals surface area contributed by atoms with Crippen molar-refractivity contribution in [2.24, 2.45) is 0 Å². The Hall–Kier alpha value is -1.09. The molecular weight excluding hydrogens is 222 g/mol. The van der Waals surface area contributed by atoms with Gasteiger partial charge >= 0.3 is 0 Å². The molecule has 3 nitrogen and oxygen atoms in total. The Morgan fingerprint density at radius 3 is 2.83 bits per heavy atom.